The molecule has 2 aromatic heterocycles. The number of hydrogen-bond acceptors (Lipinski definition) is 5. The van der Waals surface area contributed by atoms with Gasteiger partial charge in [-0.05, 0) is 37.3 Å². The predicted octanol–water partition coefficient (Wildman–Crippen LogP) is 2.82. The summed E-state index contributed by atoms with van der Waals surface area (Å²) in [5.41, 5.74) is 1.83. The Morgan fingerprint density at radius 2 is 2.15 bits per heavy atom. The summed E-state index contributed by atoms with van der Waals surface area (Å²) in [6.45, 7) is 4.45. The van der Waals surface area contributed by atoms with E-state index in [0.717, 1.165) is 6.42 Å². The van der Waals surface area contributed by atoms with Crippen LogP contribution in [-0.2, 0) is 11.2 Å². The van der Waals surface area contributed by atoms with Gasteiger partial charge in [-0.2, -0.15) is 0 Å². The van der Waals surface area contributed by atoms with Crippen molar-refractivity contribution in [1.29, 1.82) is 0 Å². The molecule has 0 atom stereocenters. The van der Waals surface area contributed by atoms with Crippen molar-refractivity contribution in [2.24, 2.45) is 0 Å². The number of carbonyl (C=O) groups is 1. The maximum Gasteiger partial charge on any atom is 0.316 e. The van der Waals surface area contributed by atoms with E-state index < -0.39 is 0 Å². The lowest BCUT2D eigenvalue weighted by molar-refractivity contribution is -0.116. The van der Waals surface area contributed by atoms with Gasteiger partial charge in [0, 0.05) is 11.3 Å². The normalized spacial score (nSPS) is 10.3. The SMILES string of the molecule is CCOc1ncc(NC(=O)CCc2sccc2C)cn1. The lowest BCUT2D eigenvalue weighted by Crippen LogP contribution is -2.12. The molecule has 2 heterocycles. The van der Waals surface area contributed by atoms with E-state index in [9.17, 15) is 4.79 Å². The molecule has 0 aliphatic carbocycles. The van der Waals surface area contributed by atoms with Gasteiger partial charge >= 0.3 is 6.01 Å². The predicted molar refractivity (Wildman–Crippen MR) is 79.2 cm³/mol. The van der Waals surface area contributed by atoms with Gasteiger partial charge in [-0.1, -0.05) is 0 Å². The first-order valence-electron chi connectivity index (χ1n) is 6.46. The Balaban J connectivity index is 1.83. The highest BCUT2D eigenvalue weighted by Crippen LogP contribution is 2.17. The fraction of sp³-hybridized carbons (Fsp3) is 0.357. The quantitative estimate of drug-likeness (QED) is 0.889. The molecule has 2 aromatic rings. The summed E-state index contributed by atoms with van der Waals surface area (Å²) in [6, 6.07) is 2.39. The van der Waals surface area contributed by atoms with Gasteiger partial charge in [-0.15, -0.1) is 11.3 Å². The number of anilines is 1. The minimum absolute atomic E-state index is 0.0365. The fourth-order valence-corrected chi connectivity index (χ4v) is 2.61. The number of carbonyl (C=O) groups excluding carboxylic acids is 1. The van der Waals surface area contributed by atoms with E-state index in [1.54, 1.807) is 23.7 Å². The second kappa shape index (κ2) is 7.00. The summed E-state index contributed by atoms with van der Waals surface area (Å²) in [5, 5.41) is 4.82. The Morgan fingerprint density at radius 3 is 2.75 bits per heavy atom. The minimum Gasteiger partial charge on any atom is -0.464 e. The van der Waals surface area contributed by atoms with Gasteiger partial charge in [-0.3, -0.25) is 4.79 Å². The van der Waals surface area contributed by atoms with Gasteiger partial charge < -0.3 is 10.1 Å². The molecule has 1 N–H and O–H groups in total. The van der Waals surface area contributed by atoms with Crippen LogP contribution in [0.25, 0.3) is 0 Å². The summed E-state index contributed by atoms with van der Waals surface area (Å²) in [6.07, 6.45) is 4.31. The molecule has 0 spiro atoms. The second-order valence-corrected chi connectivity index (χ2v) is 5.26. The van der Waals surface area contributed by atoms with Crippen LogP contribution in [0.5, 0.6) is 6.01 Å². The number of aromatic nitrogens is 2. The zero-order valence-electron chi connectivity index (χ0n) is 11.5. The van der Waals surface area contributed by atoms with Crippen molar-refractivity contribution < 1.29 is 9.53 Å². The van der Waals surface area contributed by atoms with Gasteiger partial charge in [0.1, 0.15) is 0 Å². The van der Waals surface area contributed by atoms with Crippen LogP contribution in [0.4, 0.5) is 5.69 Å². The number of rotatable bonds is 6. The topological polar surface area (TPSA) is 64.1 Å². The number of aryl methyl sites for hydroxylation is 2. The standard InChI is InChI=1S/C14H17N3O2S/c1-3-19-14-15-8-11(9-16-14)17-13(18)5-4-12-10(2)6-7-20-12/h6-9H,3-5H2,1-2H3,(H,17,18). The van der Waals surface area contributed by atoms with Crippen molar-refractivity contribution >= 4 is 22.9 Å². The molecule has 5 nitrogen and oxygen atoms in total. The van der Waals surface area contributed by atoms with E-state index in [0.29, 0.717) is 24.7 Å². The average molecular weight is 291 g/mol. The van der Waals surface area contributed by atoms with Gasteiger partial charge in [-0.25, -0.2) is 9.97 Å². The van der Waals surface area contributed by atoms with Crippen molar-refractivity contribution in [1.82, 2.24) is 9.97 Å². The maximum atomic E-state index is 11.8. The van der Waals surface area contributed by atoms with Crippen LogP contribution in [0.2, 0.25) is 0 Å². The Hall–Kier alpha value is -1.95. The molecule has 0 aliphatic rings. The lowest BCUT2D eigenvalue weighted by atomic mass is 10.2. The summed E-state index contributed by atoms with van der Waals surface area (Å²) in [5.74, 6) is -0.0365. The summed E-state index contributed by atoms with van der Waals surface area (Å²) in [7, 11) is 0. The smallest absolute Gasteiger partial charge is 0.316 e. The second-order valence-electron chi connectivity index (χ2n) is 4.26. The molecule has 20 heavy (non-hydrogen) atoms. The molecule has 0 aliphatic heterocycles. The number of thiophene rings is 1. The number of amides is 1. The molecule has 1 amide bonds. The minimum atomic E-state index is -0.0365. The zero-order chi connectivity index (χ0) is 14.4. The Morgan fingerprint density at radius 1 is 1.40 bits per heavy atom. The van der Waals surface area contributed by atoms with E-state index in [1.165, 1.54) is 10.4 Å². The largest absolute Gasteiger partial charge is 0.464 e. The van der Waals surface area contributed by atoms with Crippen molar-refractivity contribution in [2.75, 3.05) is 11.9 Å². The molecule has 0 unspecified atom stereocenters. The molecule has 0 bridgehead atoms. The summed E-state index contributed by atoms with van der Waals surface area (Å²) >= 11 is 1.68. The third-order valence-electron chi connectivity index (χ3n) is 2.73. The van der Waals surface area contributed by atoms with Crippen LogP contribution in [0.15, 0.2) is 23.8 Å². The van der Waals surface area contributed by atoms with Crippen LogP contribution in [-0.4, -0.2) is 22.5 Å². The Bertz CT molecular complexity index is 566. The van der Waals surface area contributed by atoms with Crippen molar-refractivity contribution in [2.45, 2.75) is 26.7 Å². The third-order valence-corrected chi connectivity index (χ3v) is 3.82. The first-order valence-corrected chi connectivity index (χ1v) is 7.34. The van der Waals surface area contributed by atoms with Crippen LogP contribution in [0.3, 0.4) is 0 Å². The zero-order valence-corrected chi connectivity index (χ0v) is 12.4. The molecule has 6 heteroatoms. The monoisotopic (exact) mass is 291 g/mol. The molecule has 0 saturated carbocycles. The van der Waals surface area contributed by atoms with E-state index in [-0.39, 0.29) is 5.91 Å². The third kappa shape index (κ3) is 4.03. The molecule has 106 valence electrons. The van der Waals surface area contributed by atoms with Crippen molar-refractivity contribution in [3.05, 3.63) is 34.3 Å². The molecular formula is C14H17N3O2S. The van der Waals surface area contributed by atoms with Crippen LogP contribution in [0.1, 0.15) is 23.8 Å². The van der Waals surface area contributed by atoms with E-state index >= 15 is 0 Å². The summed E-state index contributed by atoms with van der Waals surface area (Å²) in [4.78, 5) is 21.1. The molecular weight excluding hydrogens is 274 g/mol. The molecule has 2 rings (SSSR count). The van der Waals surface area contributed by atoms with Gasteiger partial charge in [0.25, 0.3) is 0 Å². The highest BCUT2D eigenvalue weighted by Gasteiger charge is 2.06. The van der Waals surface area contributed by atoms with Gasteiger partial charge in [0.2, 0.25) is 5.91 Å². The molecule has 0 saturated heterocycles. The highest BCUT2D eigenvalue weighted by atomic mass is 32.1. The van der Waals surface area contributed by atoms with Gasteiger partial charge in [0.05, 0.1) is 24.7 Å². The first-order chi connectivity index (χ1) is 9.69. The molecule has 0 aromatic carbocycles. The van der Waals surface area contributed by atoms with Crippen LogP contribution in [0, 0.1) is 6.92 Å². The number of hydrogen-bond donors (Lipinski definition) is 1. The van der Waals surface area contributed by atoms with E-state index in [1.807, 2.05) is 12.3 Å². The van der Waals surface area contributed by atoms with Gasteiger partial charge in [0.15, 0.2) is 0 Å². The number of nitrogens with zero attached hydrogens (tertiary/aromatic N) is 2. The number of ether oxygens (including phenoxy) is 1. The lowest BCUT2D eigenvalue weighted by Gasteiger charge is -2.05. The van der Waals surface area contributed by atoms with Crippen LogP contribution < -0.4 is 10.1 Å². The first kappa shape index (κ1) is 14.5. The average Bonchev–Trinajstić information content (AvgIpc) is 2.84. The fourth-order valence-electron chi connectivity index (χ4n) is 1.70. The summed E-state index contributed by atoms with van der Waals surface area (Å²) < 4.78 is 5.14. The Kier molecular flexibility index (Phi) is 5.06. The van der Waals surface area contributed by atoms with Crippen molar-refractivity contribution in [3.8, 4) is 6.01 Å². The van der Waals surface area contributed by atoms with E-state index in [4.69, 9.17) is 4.74 Å². The van der Waals surface area contributed by atoms with E-state index in [2.05, 4.69) is 28.3 Å². The van der Waals surface area contributed by atoms with Crippen molar-refractivity contribution in [3.63, 3.8) is 0 Å². The Labute approximate surface area is 122 Å². The highest BCUT2D eigenvalue weighted by molar-refractivity contribution is 7.10. The molecule has 0 fully saturated rings. The van der Waals surface area contributed by atoms with Crippen LogP contribution >= 0.6 is 11.3 Å². The number of nitrogens with one attached hydrogen (secondary N) is 1. The maximum absolute atomic E-state index is 11.8. The molecule has 0 radical (unpaired) electrons.